The fraction of sp³-hybridized carbons (Fsp3) is 0.550. The summed E-state index contributed by atoms with van der Waals surface area (Å²) in [7, 11) is 0. The van der Waals surface area contributed by atoms with E-state index in [2.05, 4.69) is 10.6 Å². The van der Waals surface area contributed by atoms with Gasteiger partial charge in [-0.2, -0.15) is 0 Å². The molecule has 1 heterocycles. The molecule has 0 bridgehead atoms. The van der Waals surface area contributed by atoms with Crippen LogP contribution in [-0.4, -0.2) is 59.2 Å². The second-order valence-corrected chi connectivity index (χ2v) is 7.85. The van der Waals surface area contributed by atoms with E-state index in [9.17, 15) is 19.5 Å². The van der Waals surface area contributed by atoms with Crippen LogP contribution in [0.2, 0.25) is 0 Å². The van der Waals surface area contributed by atoms with E-state index in [4.69, 9.17) is 4.74 Å². The zero-order valence-corrected chi connectivity index (χ0v) is 16.7. The number of alkyl carbamates (subject to hydrolysis) is 1. The van der Waals surface area contributed by atoms with Crippen molar-refractivity contribution in [1.82, 2.24) is 15.5 Å². The number of aromatic hydroxyl groups is 1. The molecule has 0 unspecified atom stereocenters. The van der Waals surface area contributed by atoms with Crippen LogP contribution < -0.4 is 10.6 Å². The van der Waals surface area contributed by atoms with Crippen LogP contribution in [0.5, 0.6) is 5.75 Å². The van der Waals surface area contributed by atoms with Crippen molar-refractivity contribution < 1.29 is 24.2 Å². The highest BCUT2D eigenvalue weighted by Crippen LogP contribution is 2.17. The number of carbonyl (C=O) groups excluding carboxylic acids is 3. The largest absolute Gasteiger partial charge is 0.508 e. The Bertz CT molecular complexity index is 714. The predicted octanol–water partition coefficient (Wildman–Crippen LogP) is 2.03. The average molecular weight is 391 g/mol. The van der Waals surface area contributed by atoms with Gasteiger partial charge in [0.1, 0.15) is 11.4 Å². The zero-order valence-electron chi connectivity index (χ0n) is 16.7. The first kappa shape index (κ1) is 21.5. The monoisotopic (exact) mass is 391 g/mol. The predicted molar refractivity (Wildman–Crippen MR) is 104 cm³/mol. The van der Waals surface area contributed by atoms with Gasteiger partial charge >= 0.3 is 6.09 Å². The third-order valence-corrected chi connectivity index (χ3v) is 4.34. The van der Waals surface area contributed by atoms with Crippen molar-refractivity contribution in [3.8, 4) is 5.75 Å². The number of benzene rings is 1. The standard InChI is InChI=1S/C20H29N3O5/c1-20(2,3)28-19(27)22-12-15-8-4-5-10-23(15)17(25)13-21-18(26)14-7-6-9-16(24)11-14/h6-7,9,11,15,24H,4-5,8,10,12-13H2,1-3H3,(H,21,26)(H,22,27)/t15-/m0/s1. The number of carbonyl (C=O) groups is 3. The topological polar surface area (TPSA) is 108 Å². The number of hydrogen-bond acceptors (Lipinski definition) is 5. The Kier molecular flexibility index (Phi) is 7.25. The van der Waals surface area contributed by atoms with Crippen LogP contribution in [0.15, 0.2) is 24.3 Å². The van der Waals surface area contributed by atoms with E-state index >= 15 is 0 Å². The summed E-state index contributed by atoms with van der Waals surface area (Å²) >= 11 is 0. The smallest absolute Gasteiger partial charge is 0.407 e. The Hall–Kier alpha value is -2.77. The molecule has 3 amide bonds. The molecule has 0 saturated carbocycles. The minimum Gasteiger partial charge on any atom is -0.508 e. The van der Waals surface area contributed by atoms with Gasteiger partial charge in [-0.3, -0.25) is 9.59 Å². The normalized spacial score (nSPS) is 17.0. The quantitative estimate of drug-likeness (QED) is 0.712. The van der Waals surface area contributed by atoms with Gasteiger partial charge in [0.05, 0.1) is 6.54 Å². The van der Waals surface area contributed by atoms with E-state index in [1.54, 1.807) is 37.8 Å². The molecular weight excluding hydrogens is 362 g/mol. The lowest BCUT2D eigenvalue weighted by Gasteiger charge is -2.36. The Balaban J connectivity index is 1.87. The third-order valence-electron chi connectivity index (χ3n) is 4.34. The van der Waals surface area contributed by atoms with Crippen LogP contribution in [0.3, 0.4) is 0 Å². The molecule has 0 radical (unpaired) electrons. The number of phenolic OH excluding ortho intramolecular Hbond substituents is 1. The first-order chi connectivity index (χ1) is 13.2. The lowest BCUT2D eigenvalue weighted by molar-refractivity contribution is -0.133. The molecule has 1 aromatic carbocycles. The van der Waals surface area contributed by atoms with E-state index in [1.165, 1.54) is 12.1 Å². The van der Waals surface area contributed by atoms with Crippen molar-refractivity contribution in [3.63, 3.8) is 0 Å². The molecule has 1 atom stereocenters. The number of hydrogen-bond donors (Lipinski definition) is 3. The lowest BCUT2D eigenvalue weighted by atomic mass is 10.0. The molecule has 0 spiro atoms. The maximum atomic E-state index is 12.6. The highest BCUT2D eigenvalue weighted by molar-refractivity contribution is 5.96. The number of nitrogens with one attached hydrogen (secondary N) is 2. The van der Waals surface area contributed by atoms with Gasteiger partial charge in [-0.25, -0.2) is 4.79 Å². The van der Waals surface area contributed by atoms with Crippen molar-refractivity contribution in [2.75, 3.05) is 19.6 Å². The molecule has 3 N–H and O–H groups in total. The lowest BCUT2D eigenvalue weighted by Crippen LogP contribution is -2.52. The molecule has 1 fully saturated rings. The first-order valence-corrected chi connectivity index (χ1v) is 9.49. The maximum absolute atomic E-state index is 12.6. The van der Waals surface area contributed by atoms with Crippen LogP contribution >= 0.6 is 0 Å². The van der Waals surface area contributed by atoms with Gasteiger partial charge in [0.2, 0.25) is 5.91 Å². The van der Waals surface area contributed by atoms with Crippen LogP contribution in [0, 0.1) is 0 Å². The second kappa shape index (κ2) is 9.43. The SMILES string of the molecule is CC(C)(C)OC(=O)NC[C@@H]1CCCCN1C(=O)CNC(=O)c1cccc(O)c1. The van der Waals surface area contributed by atoms with Gasteiger partial charge in [0.25, 0.3) is 5.91 Å². The van der Waals surface area contributed by atoms with Gasteiger partial charge in [-0.1, -0.05) is 6.07 Å². The Morgan fingerprint density at radius 1 is 1.21 bits per heavy atom. The summed E-state index contributed by atoms with van der Waals surface area (Å²) in [5.74, 6) is -0.642. The maximum Gasteiger partial charge on any atom is 0.407 e. The summed E-state index contributed by atoms with van der Waals surface area (Å²) in [5.41, 5.74) is -0.294. The van der Waals surface area contributed by atoms with E-state index in [-0.39, 0.29) is 29.8 Å². The van der Waals surface area contributed by atoms with Crippen molar-refractivity contribution in [2.24, 2.45) is 0 Å². The molecule has 2 rings (SSSR count). The Morgan fingerprint density at radius 3 is 2.64 bits per heavy atom. The number of phenols is 1. The van der Waals surface area contributed by atoms with Crippen molar-refractivity contribution in [2.45, 2.75) is 51.7 Å². The van der Waals surface area contributed by atoms with Crippen molar-refractivity contribution >= 4 is 17.9 Å². The minimum atomic E-state index is -0.581. The molecule has 1 aromatic rings. The van der Waals surface area contributed by atoms with E-state index < -0.39 is 17.6 Å². The molecule has 0 aromatic heterocycles. The highest BCUT2D eigenvalue weighted by Gasteiger charge is 2.28. The number of amides is 3. The van der Waals surface area contributed by atoms with E-state index in [0.29, 0.717) is 13.1 Å². The Labute approximate surface area is 165 Å². The molecule has 1 aliphatic rings. The van der Waals surface area contributed by atoms with Crippen LogP contribution in [0.1, 0.15) is 50.4 Å². The molecule has 8 heteroatoms. The van der Waals surface area contributed by atoms with Gasteiger partial charge in [0, 0.05) is 24.7 Å². The molecule has 0 aliphatic carbocycles. The summed E-state index contributed by atoms with van der Waals surface area (Å²) in [6.45, 7) is 6.12. The highest BCUT2D eigenvalue weighted by atomic mass is 16.6. The van der Waals surface area contributed by atoms with Crippen molar-refractivity contribution in [3.05, 3.63) is 29.8 Å². The number of likely N-dealkylation sites (tertiary alicyclic amines) is 1. The number of ether oxygens (including phenoxy) is 1. The average Bonchev–Trinajstić information content (AvgIpc) is 2.63. The van der Waals surface area contributed by atoms with Crippen LogP contribution in [0.4, 0.5) is 4.79 Å². The molecule has 154 valence electrons. The number of rotatable bonds is 5. The minimum absolute atomic E-state index is 0.0108. The Morgan fingerprint density at radius 2 is 1.96 bits per heavy atom. The van der Waals surface area contributed by atoms with Gasteiger partial charge in [-0.15, -0.1) is 0 Å². The second-order valence-electron chi connectivity index (χ2n) is 7.85. The third kappa shape index (κ3) is 6.75. The summed E-state index contributed by atoms with van der Waals surface area (Å²) < 4.78 is 5.23. The summed E-state index contributed by atoms with van der Waals surface area (Å²) in [4.78, 5) is 38.3. The first-order valence-electron chi connectivity index (χ1n) is 9.49. The summed E-state index contributed by atoms with van der Waals surface area (Å²) in [6, 6.07) is 5.81. The molecular formula is C20H29N3O5. The van der Waals surface area contributed by atoms with Crippen LogP contribution in [0.25, 0.3) is 0 Å². The molecule has 1 saturated heterocycles. The van der Waals surface area contributed by atoms with Gasteiger partial charge in [-0.05, 0) is 58.2 Å². The van der Waals surface area contributed by atoms with E-state index in [1.807, 2.05) is 0 Å². The van der Waals surface area contributed by atoms with Crippen molar-refractivity contribution in [1.29, 1.82) is 0 Å². The molecule has 8 nitrogen and oxygen atoms in total. The van der Waals surface area contributed by atoms with Gasteiger partial charge in [0.15, 0.2) is 0 Å². The summed E-state index contributed by atoms with van der Waals surface area (Å²) in [6.07, 6.45) is 2.12. The fourth-order valence-electron chi connectivity index (χ4n) is 3.06. The van der Waals surface area contributed by atoms with E-state index in [0.717, 1.165) is 19.3 Å². The molecule has 1 aliphatic heterocycles. The number of piperidine rings is 1. The van der Waals surface area contributed by atoms with Gasteiger partial charge < -0.3 is 25.4 Å². The zero-order chi connectivity index (χ0) is 20.7. The molecule has 28 heavy (non-hydrogen) atoms. The van der Waals surface area contributed by atoms with Crippen LogP contribution in [-0.2, 0) is 9.53 Å². The fourth-order valence-corrected chi connectivity index (χ4v) is 3.06. The number of nitrogens with zero attached hydrogens (tertiary/aromatic N) is 1. The summed E-state index contributed by atoms with van der Waals surface area (Å²) in [5, 5.41) is 14.8.